The molecule has 0 saturated carbocycles. The van der Waals surface area contributed by atoms with Gasteiger partial charge in [-0.25, -0.2) is 0 Å². The molecule has 2 aromatic heterocycles. The highest BCUT2D eigenvalue weighted by Gasteiger charge is 2.16. The van der Waals surface area contributed by atoms with E-state index in [-0.39, 0.29) is 11.7 Å². The SMILES string of the molecule is CCNCC[C@H](Oc1cccc2c(=O)n(C)ccc12)c1cccs1. The number of fused-ring (bicyclic) bond motifs is 1. The Morgan fingerprint density at radius 1 is 1.21 bits per heavy atom. The van der Waals surface area contributed by atoms with Gasteiger partial charge < -0.3 is 14.6 Å². The minimum Gasteiger partial charge on any atom is -0.484 e. The highest BCUT2D eigenvalue weighted by atomic mass is 32.1. The number of aryl methyl sites for hydroxylation is 1. The summed E-state index contributed by atoms with van der Waals surface area (Å²) in [5, 5.41) is 6.97. The lowest BCUT2D eigenvalue weighted by Crippen LogP contribution is -2.19. The fraction of sp³-hybridized carbons (Fsp3) is 0.316. The van der Waals surface area contributed by atoms with Crippen molar-refractivity contribution in [3.63, 3.8) is 0 Å². The van der Waals surface area contributed by atoms with Gasteiger partial charge in [-0.2, -0.15) is 0 Å². The Morgan fingerprint density at radius 3 is 2.83 bits per heavy atom. The largest absolute Gasteiger partial charge is 0.484 e. The standard InChI is InChI=1S/C19H22N2O2S/c1-3-20-11-9-17(18-8-5-13-24-18)23-16-7-4-6-15-14(16)10-12-21(2)19(15)22/h4-8,10,12-13,17,20H,3,9,11H2,1-2H3/t17-/m0/s1. The fourth-order valence-electron chi connectivity index (χ4n) is 2.75. The third-order valence-corrected chi connectivity index (χ3v) is 5.01. The van der Waals surface area contributed by atoms with E-state index in [0.29, 0.717) is 5.39 Å². The molecule has 126 valence electrons. The zero-order valence-electron chi connectivity index (χ0n) is 14.0. The molecule has 0 saturated heterocycles. The fourth-order valence-corrected chi connectivity index (χ4v) is 3.54. The van der Waals surface area contributed by atoms with Crippen LogP contribution in [0.25, 0.3) is 10.8 Å². The van der Waals surface area contributed by atoms with Gasteiger partial charge in [-0.3, -0.25) is 4.79 Å². The van der Waals surface area contributed by atoms with Crippen LogP contribution in [0, 0.1) is 0 Å². The molecule has 3 aromatic rings. The molecular formula is C19H22N2O2S. The molecule has 1 aromatic carbocycles. The van der Waals surface area contributed by atoms with Crippen LogP contribution < -0.4 is 15.6 Å². The van der Waals surface area contributed by atoms with Gasteiger partial charge >= 0.3 is 0 Å². The number of benzene rings is 1. The zero-order valence-corrected chi connectivity index (χ0v) is 14.8. The average molecular weight is 342 g/mol. The molecule has 0 amide bonds. The zero-order chi connectivity index (χ0) is 16.9. The third-order valence-electron chi connectivity index (χ3n) is 4.04. The van der Waals surface area contributed by atoms with Gasteiger partial charge in [-0.1, -0.05) is 19.1 Å². The second-order valence-electron chi connectivity index (χ2n) is 5.71. The van der Waals surface area contributed by atoms with Gasteiger partial charge in [0.15, 0.2) is 0 Å². The Hall–Kier alpha value is -2.11. The van der Waals surface area contributed by atoms with Gasteiger partial charge in [-0.05, 0) is 42.7 Å². The molecule has 1 N–H and O–H groups in total. The van der Waals surface area contributed by atoms with Gasteiger partial charge in [-0.15, -0.1) is 11.3 Å². The van der Waals surface area contributed by atoms with E-state index in [1.165, 1.54) is 4.88 Å². The summed E-state index contributed by atoms with van der Waals surface area (Å²) in [6.07, 6.45) is 2.66. The predicted octanol–water partition coefficient (Wildman–Crippen LogP) is 3.72. The topological polar surface area (TPSA) is 43.3 Å². The lowest BCUT2D eigenvalue weighted by molar-refractivity contribution is 0.200. The maximum Gasteiger partial charge on any atom is 0.258 e. The van der Waals surface area contributed by atoms with Crippen molar-refractivity contribution < 1.29 is 4.74 Å². The maximum atomic E-state index is 12.3. The van der Waals surface area contributed by atoms with Crippen LogP contribution in [0.3, 0.4) is 0 Å². The average Bonchev–Trinajstić information content (AvgIpc) is 3.12. The summed E-state index contributed by atoms with van der Waals surface area (Å²) in [4.78, 5) is 13.5. The van der Waals surface area contributed by atoms with Crippen LogP contribution in [-0.4, -0.2) is 17.7 Å². The number of hydrogen-bond donors (Lipinski definition) is 1. The molecule has 0 unspecified atom stereocenters. The van der Waals surface area contributed by atoms with Gasteiger partial charge in [0.25, 0.3) is 5.56 Å². The molecule has 0 aliphatic carbocycles. The minimum atomic E-state index is -0.0151. The molecule has 24 heavy (non-hydrogen) atoms. The second-order valence-corrected chi connectivity index (χ2v) is 6.69. The number of thiophene rings is 1. The summed E-state index contributed by atoms with van der Waals surface area (Å²) < 4.78 is 7.93. The normalized spacial score (nSPS) is 12.4. The second kappa shape index (κ2) is 7.64. The quantitative estimate of drug-likeness (QED) is 0.666. The number of rotatable bonds is 7. The van der Waals surface area contributed by atoms with Gasteiger partial charge in [0, 0.05) is 29.9 Å². The van der Waals surface area contributed by atoms with E-state index in [9.17, 15) is 4.79 Å². The van der Waals surface area contributed by atoms with Crippen LogP contribution in [0.4, 0.5) is 0 Å². The van der Waals surface area contributed by atoms with Crippen molar-refractivity contribution in [3.05, 3.63) is 63.2 Å². The summed E-state index contributed by atoms with van der Waals surface area (Å²) in [5.41, 5.74) is -0.00160. The van der Waals surface area contributed by atoms with Crippen LogP contribution in [0.2, 0.25) is 0 Å². The van der Waals surface area contributed by atoms with E-state index in [1.807, 2.05) is 30.3 Å². The van der Waals surface area contributed by atoms with Crippen LogP contribution in [0.5, 0.6) is 5.75 Å². The van der Waals surface area contributed by atoms with Crippen molar-refractivity contribution >= 4 is 22.1 Å². The summed E-state index contributed by atoms with van der Waals surface area (Å²) in [7, 11) is 1.76. The van der Waals surface area contributed by atoms with Gasteiger partial charge in [0.05, 0.1) is 5.39 Å². The molecule has 3 rings (SSSR count). The number of ether oxygens (including phenoxy) is 1. The summed E-state index contributed by atoms with van der Waals surface area (Å²) in [6, 6.07) is 11.8. The van der Waals surface area contributed by atoms with E-state index in [4.69, 9.17) is 4.74 Å². The highest BCUT2D eigenvalue weighted by molar-refractivity contribution is 7.10. The molecule has 1 atom stereocenters. The van der Waals surface area contributed by atoms with Gasteiger partial charge in [0.1, 0.15) is 11.9 Å². The summed E-state index contributed by atoms with van der Waals surface area (Å²) >= 11 is 1.70. The lowest BCUT2D eigenvalue weighted by Gasteiger charge is -2.19. The predicted molar refractivity (Wildman–Crippen MR) is 100 cm³/mol. The van der Waals surface area contributed by atoms with E-state index >= 15 is 0 Å². The highest BCUT2D eigenvalue weighted by Crippen LogP contribution is 2.31. The molecule has 0 aliphatic rings. The van der Waals surface area contributed by atoms with E-state index in [0.717, 1.165) is 30.6 Å². The number of hydrogen-bond acceptors (Lipinski definition) is 4. The maximum absolute atomic E-state index is 12.3. The van der Waals surface area contributed by atoms with Crippen molar-refractivity contribution in [2.24, 2.45) is 7.05 Å². The Morgan fingerprint density at radius 2 is 2.08 bits per heavy atom. The van der Waals surface area contributed by atoms with Crippen molar-refractivity contribution in [2.45, 2.75) is 19.4 Å². The molecule has 0 radical (unpaired) electrons. The first-order chi connectivity index (χ1) is 11.7. The molecule has 5 heteroatoms. The minimum absolute atomic E-state index is 0.00160. The van der Waals surface area contributed by atoms with Crippen LogP contribution in [0.1, 0.15) is 24.3 Å². The molecule has 2 heterocycles. The van der Waals surface area contributed by atoms with Crippen molar-refractivity contribution in [2.75, 3.05) is 13.1 Å². The van der Waals surface area contributed by atoms with Crippen LogP contribution in [-0.2, 0) is 7.05 Å². The van der Waals surface area contributed by atoms with Crippen LogP contribution >= 0.6 is 11.3 Å². The number of nitrogens with zero attached hydrogens (tertiary/aromatic N) is 1. The van der Waals surface area contributed by atoms with Crippen molar-refractivity contribution in [1.29, 1.82) is 0 Å². The molecule has 4 nitrogen and oxygen atoms in total. The number of nitrogens with one attached hydrogen (secondary N) is 1. The Bertz CT molecular complexity index is 855. The molecule has 0 aliphatic heterocycles. The number of aromatic nitrogens is 1. The van der Waals surface area contributed by atoms with Crippen LogP contribution in [0.15, 0.2) is 52.8 Å². The molecular weight excluding hydrogens is 320 g/mol. The lowest BCUT2D eigenvalue weighted by atomic mass is 10.1. The van der Waals surface area contributed by atoms with E-state index < -0.39 is 0 Å². The Labute approximate surface area is 145 Å². The first-order valence-electron chi connectivity index (χ1n) is 8.20. The smallest absolute Gasteiger partial charge is 0.258 e. The Balaban J connectivity index is 1.93. The Kier molecular flexibility index (Phi) is 5.33. The monoisotopic (exact) mass is 342 g/mol. The van der Waals surface area contributed by atoms with E-state index in [1.54, 1.807) is 29.1 Å². The van der Waals surface area contributed by atoms with Crippen molar-refractivity contribution in [1.82, 2.24) is 9.88 Å². The van der Waals surface area contributed by atoms with Gasteiger partial charge in [0.2, 0.25) is 0 Å². The molecule has 0 bridgehead atoms. The van der Waals surface area contributed by atoms with E-state index in [2.05, 4.69) is 23.7 Å². The summed E-state index contributed by atoms with van der Waals surface area (Å²) in [6.45, 7) is 3.94. The number of pyridine rings is 1. The third kappa shape index (κ3) is 3.52. The molecule has 0 fully saturated rings. The molecule has 0 spiro atoms. The summed E-state index contributed by atoms with van der Waals surface area (Å²) in [5.74, 6) is 0.764. The van der Waals surface area contributed by atoms with Crippen molar-refractivity contribution in [3.8, 4) is 5.75 Å². The first kappa shape index (κ1) is 16.7. The first-order valence-corrected chi connectivity index (χ1v) is 9.07.